The SMILES string of the molecule is Cc1noc(C)c1CCC(=O)Nc1cnn(C2CCOCC2)c1. The molecule has 3 rings (SSSR count). The Morgan fingerprint density at radius 3 is 2.87 bits per heavy atom. The van der Waals surface area contributed by atoms with E-state index in [-0.39, 0.29) is 5.91 Å². The second-order valence-electron chi connectivity index (χ2n) is 5.90. The lowest BCUT2D eigenvalue weighted by Crippen LogP contribution is -2.19. The number of ether oxygens (including phenoxy) is 1. The molecule has 1 fully saturated rings. The van der Waals surface area contributed by atoms with E-state index in [1.807, 2.05) is 24.7 Å². The summed E-state index contributed by atoms with van der Waals surface area (Å²) in [6, 6.07) is 0.358. The maximum atomic E-state index is 12.1. The zero-order valence-corrected chi connectivity index (χ0v) is 13.5. The Hall–Kier alpha value is -2.15. The van der Waals surface area contributed by atoms with Gasteiger partial charge < -0.3 is 14.6 Å². The molecule has 3 heterocycles. The van der Waals surface area contributed by atoms with Crippen LogP contribution in [0, 0.1) is 13.8 Å². The molecule has 0 saturated carbocycles. The summed E-state index contributed by atoms with van der Waals surface area (Å²) in [4.78, 5) is 12.1. The Balaban J connectivity index is 1.53. The van der Waals surface area contributed by atoms with Gasteiger partial charge in [-0.2, -0.15) is 5.10 Å². The molecule has 7 nitrogen and oxygen atoms in total. The smallest absolute Gasteiger partial charge is 0.224 e. The standard InChI is InChI=1S/C16H22N4O3/c1-11-15(12(2)23-19-11)3-4-16(21)18-13-9-17-20(10-13)14-5-7-22-8-6-14/h9-10,14H,3-8H2,1-2H3,(H,18,21). The van der Waals surface area contributed by atoms with Gasteiger partial charge in [-0.1, -0.05) is 5.16 Å². The molecule has 0 radical (unpaired) electrons. The van der Waals surface area contributed by atoms with Crippen LogP contribution in [-0.4, -0.2) is 34.1 Å². The molecule has 1 N–H and O–H groups in total. The number of anilines is 1. The van der Waals surface area contributed by atoms with Gasteiger partial charge in [0.25, 0.3) is 0 Å². The molecule has 1 aliphatic rings. The summed E-state index contributed by atoms with van der Waals surface area (Å²) in [7, 11) is 0. The summed E-state index contributed by atoms with van der Waals surface area (Å²) in [5.41, 5.74) is 2.60. The van der Waals surface area contributed by atoms with Gasteiger partial charge in [-0.15, -0.1) is 0 Å². The van der Waals surface area contributed by atoms with Crippen LogP contribution in [0.4, 0.5) is 5.69 Å². The van der Waals surface area contributed by atoms with Gasteiger partial charge in [-0.05, 0) is 33.1 Å². The van der Waals surface area contributed by atoms with Gasteiger partial charge in [0.05, 0.1) is 23.6 Å². The first-order valence-corrected chi connectivity index (χ1v) is 7.97. The molecule has 7 heteroatoms. The number of amides is 1. The Kier molecular flexibility index (Phi) is 4.76. The summed E-state index contributed by atoms with van der Waals surface area (Å²) >= 11 is 0. The fourth-order valence-electron chi connectivity index (χ4n) is 2.87. The number of carbonyl (C=O) groups is 1. The lowest BCUT2D eigenvalue weighted by Gasteiger charge is -2.22. The molecule has 0 aliphatic carbocycles. The number of aryl methyl sites for hydroxylation is 2. The Labute approximate surface area is 135 Å². The highest BCUT2D eigenvalue weighted by Crippen LogP contribution is 2.21. The van der Waals surface area contributed by atoms with Crippen molar-refractivity contribution in [2.75, 3.05) is 18.5 Å². The summed E-state index contributed by atoms with van der Waals surface area (Å²) in [5, 5.41) is 11.2. The molecule has 0 spiro atoms. The number of hydrogen-bond donors (Lipinski definition) is 1. The second-order valence-corrected chi connectivity index (χ2v) is 5.90. The van der Waals surface area contributed by atoms with Crippen molar-refractivity contribution in [1.29, 1.82) is 0 Å². The summed E-state index contributed by atoms with van der Waals surface area (Å²) < 4.78 is 12.4. The van der Waals surface area contributed by atoms with E-state index in [1.54, 1.807) is 6.20 Å². The summed E-state index contributed by atoms with van der Waals surface area (Å²) in [6.45, 7) is 5.29. The number of hydrogen-bond acceptors (Lipinski definition) is 5. The van der Waals surface area contributed by atoms with E-state index >= 15 is 0 Å². The molecule has 0 aromatic carbocycles. The van der Waals surface area contributed by atoms with Crippen molar-refractivity contribution in [2.45, 2.75) is 45.6 Å². The maximum Gasteiger partial charge on any atom is 0.224 e. The quantitative estimate of drug-likeness (QED) is 0.915. The van der Waals surface area contributed by atoms with Crippen LogP contribution in [-0.2, 0) is 16.0 Å². The van der Waals surface area contributed by atoms with Crippen LogP contribution in [0.3, 0.4) is 0 Å². The van der Waals surface area contributed by atoms with Crippen LogP contribution >= 0.6 is 0 Å². The average molecular weight is 318 g/mol. The van der Waals surface area contributed by atoms with Gasteiger partial charge in [-0.25, -0.2) is 0 Å². The number of aromatic nitrogens is 3. The van der Waals surface area contributed by atoms with Crippen molar-refractivity contribution in [2.24, 2.45) is 0 Å². The van der Waals surface area contributed by atoms with Crippen molar-refractivity contribution in [3.8, 4) is 0 Å². The third-order valence-corrected chi connectivity index (χ3v) is 4.23. The molecule has 1 saturated heterocycles. The van der Waals surface area contributed by atoms with Crippen LogP contribution in [0.1, 0.15) is 42.3 Å². The van der Waals surface area contributed by atoms with Crippen LogP contribution in [0.15, 0.2) is 16.9 Å². The number of carbonyl (C=O) groups excluding carboxylic acids is 1. The van der Waals surface area contributed by atoms with E-state index in [0.717, 1.165) is 48.8 Å². The van der Waals surface area contributed by atoms with E-state index in [1.165, 1.54) is 0 Å². The van der Waals surface area contributed by atoms with Gasteiger partial charge in [0, 0.05) is 31.4 Å². The third-order valence-electron chi connectivity index (χ3n) is 4.23. The van der Waals surface area contributed by atoms with Gasteiger partial charge in [0.15, 0.2) is 0 Å². The Bertz CT molecular complexity index is 651. The van der Waals surface area contributed by atoms with Crippen LogP contribution in [0.5, 0.6) is 0 Å². The zero-order chi connectivity index (χ0) is 16.2. The maximum absolute atomic E-state index is 12.1. The molecular weight excluding hydrogens is 296 g/mol. The first-order chi connectivity index (χ1) is 11.1. The molecule has 0 unspecified atom stereocenters. The largest absolute Gasteiger partial charge is 0.381 e. The molecule has 1 amide bonds. The van der Waals surface area contributed by atoms with Crippen molar-refractivity contribution in [3.63, 3.8) is 0 Å². The second kappa shape index (κ2) is 6.95. The number of nitrogens with one attached hydrogen (secondary N) is 1. The first-order valence-electron chi connectivity index (χ1n) is 7.97. The topological polar surface area (TPSA) is 82.2 Å². The lowest BCUT2D eigenvalue weighted by molar-refractivity contribution is -0.116. The predicted molar refractivity (Wildman–Crippen MR) is 84.2 cm³/mol. The molecule has 0 atom stereocenters. The number of rotatable bonds is 5. The highest BCUT2D eigenvalue weighted by molar-refractivity contribution is 5.90. The highest BCUT2D eigenvalue weighted by Gasteiger charge is 2.17. The summed E-state index contributed by atoms with van der Waals surface area (Å²) in [5.74, 6) is 0.749. The van der Waals surface area contributed by atoms with E-state index < -0.39 is 0 Å². The first kappa shape index (κ1) is 15.7. The fourth-order valence-corrected chi connectivity index (χ4v) is 2.87. The minimum Gasteiger partial charge on any atom is -0.381 e. The normalized spacial score (nSPS) is 15.7. The van der Waals surface area contributed by atoms with Crippen molar-refractivity contribution < 1.29 is 14.1 Å². The molecule has 0 bridgehead atoms. The predicted octanol–water partition coefficient (Wildman–Crippen LogP) is 2.41. The fraction of sp³-hybridized carbons (Fsp3) is 0.562. The molecule has 124 valence electrons. The zero-order valence-electron chi connectivity index (χ0n) is 13.5. The highest BCUT2D eigenvalue weighted by atomic mass is 16.5. The summed E-state index contributed by atoms with van der Waals surface area (Å²) in [6.07, 6.45) is 6.53. The van der Waals surface area contributed by atoms with E-state index in [4.69, 9.17) is 9.26 Å². The van der Waals surface area contributed by atoms with Crippen LogP contribution in [0.25, 0.3) is 0 Å². The van der Waals surface area contributed by atoms with E-state index in [0.29, 0.717) is 18.9 Å². The molecule has 23 heavy (non-hydrogen) atoms. The number of nitrogens with zero attached hydrogens (tertiary/aromatic N) is 3. The van der Waals surface area contributed by atoms with Gasteiger partial charge >= 0.3 is 0 Å². The van der Waals surface area contributed by atoms with E-state index in [2.05, 4.69) is 15.6 Å². The molecular formula is C16H22N4O3. The van der Waals surface area contributed by atoms with Crippen LogP contribution < -0.4 is 5.32 Å². The van der Waals surface area contributed by atoms with Gasteiger partial charge in [-0.3, -0.25) is 9.48 Å². The van der Waals surface area contributed by atoms with Crippen LogP contribution in [0.2, 0.25) is 0 Å². The minimum atomic E-state index is -0.0310. The van der Waals surface area contributed by atoms with Crippen molar-refractivity contribution >= 4 is 11.6 Å². The Morgan fingerprint density at radius 1 is 1.39 bits per heavy atom. The van der Waals surface area contributed by atoms with Gasteiger partial charge in [0.2, 0.25) is 5.91 Å². The molecule has 2 aromatic heterocycles. The Morgan fingerprint density at radius 2 is 2.17 bits per heavy atom. The van der Waals surface area contributed by atoms with E-state index in [9.17, 15) is 4.79 Å². The molecule has 2 aromatic rings. The molecule has 1 aliphatic heterocycles. The van der Waals surface area contributed by atoms with Crippen molar-refractivity contribution in [3.05, 3.63) is 29.4 Å². The average Bonchev–Trinajstić information content (AvgIpc) is 3.14. The minimum absolute atomic E-state index is 0.0310. The van der Waals surface area contributed by atoms with Gasteiger partial charge in [0.1, 0.15) is 5.76 Å². The monoisotopic (exact) mass is 318 g/mol. The lowest BCUT2D eigenvalue weighted by atomic mass is 10.1. The third kappa shape index (κ3) is 3.79. The van der Waals surface area contributed by atoms with Crippen molar-refractivity contribution in [1.82, 2.24) is 14.9 Å².